The first-order chi connectivity index (χ1) is 10.8. The van der Waals surface area contributed by atoms with E-state index in [9.17, 15) is 23.1 Å². The summed E-state index contributed by atoms with van der Waals surface area (Å²) in [5, 5.41) is 10.2. The summed E-state index contributed by atoms with van der Waals surface area (Å²) >= 11 is 1.37. The van der Waals surface area contributed by atoms with Crippen LogP contribution in [0.2, 0.25) is 0 Å². The molecule has 3 atom stereocenters. The molecule has 1 rings (SSSR count). The standard InChI is InChI=1S/C15H20F3NO3S/c1-23-8-7-12(22-14(21)15(16,17)18)13(20)11(19)9-10-5-3-2-4-6-10/h2-6,11-13,20H,7-9,19H2,1H3/t11-,12+,13+/m0/s1. The topological polar surface area (TPSA) is 72.5 Å². The van der Waals surface area contributed by atoms with Crippen LogP contribution in [0.5, 0.6) is 0 Å². The third kappa shape index (κ3) is 6.80. The Morgan fingerprint density at radius 2 is 1.96 bits per heavy atom. The number of hydrogen-bond donors (Lipinski definition) is 2. The Morgan fingerprint density at radius 1 is 1.35 bits per heavy atom. The van der Waals surface area contributed by atoms with Gasteiger partial charge in [0.15, 0.2) is 0 Å². The predicted octanol–water partition coefficient (Wildman–Crippen LogP) is 2.14. The van der Waals surface area contributed by atoms with Gasteiger partial charge in [-0.15, -0.1) is 0 Å². The molecular weight excluding hydrogens is 331 g/mol. The Labute approximate surface area is 137 Å². The predicted molar refractivity (Wildman–Crippen MR) is 83.1 cm³/mol. The maximum Gasteiger partial charge on any atom is 0.490 e. The molecule has 1 aromatic carbocycles. The van der Waals surface area contributed by atoms with E-state index >= 15 is 0 Å². The first kappa shape index (κ1) is 19.8. The summed E-state index contributed by atoms with van der Waals surface area (Å²) in [4.78, 5) is 11.0. The van der Waals surface area contributed by atoms with Crippen molar-refractivity contribution in [2.24, 2.45) is 5.73 Å². The normalized spacial score (nSPS) is 15.7. The van der Waals surface area contributed by atoms with E-state index in [1.165, 1.54) is 11.8 Å². The minimum Gasteiger partial charge on any atom is -0.453 e. The van der Waals surface area contributed by atoms with Crippen LogP contribution >= 0.6 is 11.8 Å². The van der Waals surface area contributed by atoms with Gasteiger partial charge in [-0.3, -0.25) is 0 Å². The molecule has 0 aliphatic carbocycles. The molecule has 0 amide bonds. The molecule has 0 radical (unpaired) electrons. The number of carbonyl (C=O) groups excluding carboxylic acids is 1. The number of rotatable bonds is 8. The number of aliphatic hydroxyl groups is 1. The molecule has 0 fully saturated rings. The minimum atomic E-state index is -5.10. The molecular formula is C15H20F3NO3S. The fraction of sp³-hybridized carbons (Fsp3) is 0.533. The van der Waals surface area contributed by atoms with Gasteiger partial charge in [0.25, 0.3) is 0 Å². The lowest BCUT2D eigenvalue weighted by atomic mass is 9.97. The summed E-state index contributed by atoms with van der Waals surface area (Å²) in [5.74, 6) is -1.88. The maximum atomic E-state index is 12.4. The number of benzene rings is 1. The lowest BCUT2D eigenvalue weighted by molar-refractivity contribution is -0.209. The number of ether oxygens (including phenoxy) is 1. The highest BCUT2D eigenvalue weighted by Crippen LogP contribution is 2.21. The molecule has 8 heteroatoms. The van der Waals surface area contributed by atoms with E-state index in [0.717, 1.165) is 5.56 Å². The van der Waals surface area contributed by atoms with Crippen LogP contribution in [0, 0.1) is 0 Å². The highest BCUT2D eigenvalue weighted by atomic mass is 32.2. The molecule has 23 heavy (non-hydrogen) atoms. The third-order valence-corrected chi connectivity index (χ3v) is 3.87. The molecule has 0 heterocycles. The molecule has 0 saturated carbocycles. The Balaban J connectivity index is 2.73. The second-order valence-electron chi connectivity index (χ2n) is 5.07. The summed E-state index contributed by atoms with van der Waals surface area (Å²) < 4.78 is 41.5. The summed E-state index contributed by atoms with van der Waals surface area (Å²) in [7, 11) is 0. The van der Waals surface area contributed by atoms with Crippen molar-refractivity contribution in [1.29, 1.82) is 0 Å². The number of esters is 1. The fourth-order valence-electron chi connectivity index (χ4n) is 2.02. The van der Waals surface area contributed by atoms with Gasteiger partial charge in [-0.1, -0.05) is 30.3 Å². The summed E-state index contributed by atoms with van der Waals surface area (Å²) in [6.07, 6.45) is -5.66. The maximum absolute atomic E-state index is 12.4. The van der Waals surface area contributed by atoms with Gasteiger partial charge in [0.2, 0.25) is 0 Å². The number of thioether (sulfide) groups is 1. The van der Waals surface area contributed by atoms with Crippen LogP contribution in [0.15, 0.2) is 30.3 Å². The Hall–Kier alpha value is -1.25. The van der Waals surface area contributed by atoms with Gasteiger partial charge in [0.05, 0.1) is 0 Å². The highest BCUT2D eigenvalue weighted by molar-refractivity contribution is 7.98. The molecule has 0 spiro atoms. The first-order valence-corrected chi connectivity index (χ1v) is 8.39. The smallest absolute Gasteiger partial charge is 0.453 e. The highest BCUT2D eigenvalue weighted by Gasteiger charge is 2.43. The Kier molecular flexibility index (Phi) is 7.87. The van der Waals surface area contributed by atoms with Crippen LogP contribution in [-0.2, 0) is 16.0 Å². The number of carbonyl (C=O) groups is 1. The second-order valence-corrected chi connectivity index (χ2v) is 6.05. The second kappa shape index (κ2) is 9.14. The summed E-state index contributed by atoms with van der Waals surface area (Å²) in [6.45, 7) is 0. The molecule has 0 unspecified atom stereocenters. The number of alkyl halides is 3. The molecule has 130 valence electrons. The average Bonchev–Trinajstić information content (AvgIpc) is 2.50. The van der Waals surface area contributed by atoms with E-state index < -0.39 is 30.4 Å². The fourth-order valence-corrected chi connectivity index (χ4v) is 2.49. The van der Waals surface area contributed by atoms with Gasteiger partial charge in [0, 0.05) is 6.04 Å². The molecule has 0 saturated heterocycles. The number of halogens is 3. The van der Waals surface area contributed by atoms with E-state index in [4.69, 9.17) is 5.73 Å². The monoisotopic (exact) mass is 351 g/mol. The molecule has 4 nitrogen and oxygen atoms in total. The number of hydrogen-bond acceptors (Lipinski definition) is 5. The zero-order chi connectivity index (χ0) is 17.5. The molecule has 1 aromatic rings. The summed E-state index contributed by atoms with van der Waals surface area (Å²) in [6, 6.07) is 8.16. The van der Waals surface area contributed by atoms with Crippen LogP contribution in [0.25, 0.3) is 0 Å². The Bertz CT molecular complexity index is 485. The van der Waals surface area contributed by atoms with E-state index in [0.29, 0.717) is 5.75 Å². The Morgan fingerprint density at radius 3 is 2.48 bits per heavy atom. The van der Waals surface area contributed by atoms with Gasteiger partial charge < -0.3 is 15.6 Å². The number of nitrogens with two attached hydrogens (primary N) is 1. The lowest BCUT2D eigenvalue weighted by Gasteiger charge is -2.27. The van der Waals surface area contributed by atoms with Crippen LogP contribution in [0.4, 0.5) is 13.2 Å². The molecule has 3 N–H and O–H groups in total. The van der Waals surface area contributed by atoms with Crippen molar-refractivity contribution in [2.45, 2.75) is 37.3 Å². The number of aliphatic hydroxyl groups excluding tert-OH is 1. The van der Waals surface area contributed by atoms with Crippen LogP contribution < -0.4 is 5.73 Å². The van der Waals surface area contributed by atoms with E-state index in [-0.39, 0.29) is 12.8 Å². The summed E-state index contributed by atoms with van der Waals surface area (Å²) in [5.41, 5.74) is 6.72. The van der Waals surface area contributed by atoms with E-state index in [1.807, 2.05) is 6.07 Å². The van der Waals surface area contributed by atoms with Crippen molar-refractivity contribution < 1.29 is 27.8 Å². The van der Waals surface area contributed by atoms with Gasteiger partial charge >= 0.3 is 12.1 Å². The van der Waals surface area contributed by atoms with Crippen molar-refractivity contribution in [3.8, 4) is 0 Å². The largest absolute Gasteiger partial charge is 0.490 e. The van der Waals surface area contributed by atoms with Gasteiger partial charge in [-0.05, 0) is 30.4 Å². The average molecular weight is 351 g/mol. The quantitative estimate of drug-likeness (QED) is 0.702. The van der Waals surface area contributed by atoms with E-state index in [1.54, 1.807) is 30.5 Å². The van der Waals surface area contributed by atoms with E-state index in [2.05, 4.69) is 4.74 Å². The zero-order valence-corrected chi connectivity index (χ0v) is 13.4. The van der Waals surface area contributed by atoms with Crippen molar-refractivity contribution >= 4 is 17.7 Å². The molecule has 0 bridgehead atoms. The molecule has 0 aliphatic heterocycles. The lowest BCUT2D eigenvalue weighted by Crippen LogP contribution is -2.47. The zero-order valence-electron chi connectivity index (χ0n) is 12.6. The SMILES string of the molecule is CSCC[C@@H](OC(=O)C(F)(F)F)[C@H](O)[C@@H](N)Cc1ccccc1. The van der Waals surface area contributed by atoms with Gasteiger partial charge in [-0.25, -0.2) is 4.79 Å². The van der Waals surface area contributed by atoms with Gasteiger partial charge in [-0.2, -0.15) is 24.9 Å². The minimum absolute atomic E-state index is 0.0899. The third-order valence-electron chi connectivity index (χ3n) is 3.23. The van der Waals surface area contributed by atoms with Crippen molar-refractivity contribution in [3.05, 3.63) is 35.9 Å². The van der Waals surface area contributed by atoms with Crippen molar-refractivity contribution in [1.82, 2.24) is 0 Å². The van der Waals surface area contributed by atoms with Crippen molar-refractivity contribution in [3.63, 3.8) is 0 Å². The first-order valence-electron chi connectivity index (χ1n) is 7.00. The van der Waals surface area contributed by atoms with Gasteiger partial charge in [0.1, 0.15) is 12.2 Å². The van der Waals surface area contributed by atoms with Crippen LogP contribution in [0.1, 0.15) is 12.0 Å². The van der Waals surface area contributed by atoms with Crippen LogP contribution in [-0.4, -0.2) is 47.5 Å². The molecule has 0 aliphatic rings. The van der Waals surface area contributed by atoms with Crippen LogP contribution in [0.3, 0.4) is 0 Å². The molecule has 0 aromatic heterocycles. The van der Waals surface area contributed by atoms with Crippen molar-refractivity contribution in [2.75, 3.05) is 12.0 Å².